The van der Waals surface area contributed by atoms with Gasteiger partial charge < -0.3 is 34.1 Å². The minimum absolute atomic E-state index is 0. The number of non-ortho nitro benzene ring substituents is 1. The van der Waals surface area contributed by atoms with Crippen molar-refractivity contribution in [2.24, 2.45) is 0 Å². The number of hydrogen-bond acceptors (Lipinski definition) is 11. The second kappa shape index (κ2) is 17.4. The number of anilines is 2. The van der Waals surface area contributed by atoms with E-state index in [-0.39, 0.29) is 92.9 Å². The molecule has 1 fully saturated rings. The molecule has 250 valence electrons. The van der Waals surface area contributed by atoms with Crippen LogP contribution in [0.1, 0.15) is 25.0 Å². The number of fused-ring (bicyclic) bond motifs is 1. The van der Waals surface area contributed by atoms with Gasteiger partial charge in [-0.2, -0.15) is 13.0 Å². The van der Waals surface area contributed by atoms with Crippen LogP contribution in [0.4, 0.5) is 21.9 Å². The van der Waals surface area contributed by atoms with E-state index in [1.54, 1.807) is 33.3 Å². The number of methoxy groups -OCH3 is 2. The van der Waals surface area contributed by atoms with Crippen LogP contribution in [0.2, 0.25) is 5.15 Å². The molecule has 5 rings (SSSR count). The van der Waals surface area contributed by atoms with Gasteiger partial charge in [0.05, 0.1) is 44.1 Å². The van der Waals surface area contributed by atoms with Crippen LogP contribution >= 0.6 is 11.6 Å². The Morgan fingerprint density at radius 2 is 2.02 bits per heavy atom. The second-order valence-corrected chi connectivity index (χ2v) is 11.6. The quantitative estimate of drug-likeness (QED) is 0.0975. The second-order valence-electron chi connectivity index (χ2n) is 11.2. The Kier molecular flexibility index (Phi) is 13.8. The monoisotopic (exact) mass is 799 g/mol. The predicted octanol–water partition coefficient (Wildman–Crippen LogP) is 2.20. The Morgan fingerprint density at radius 3 is 2.73 bits per heavy atom. The topological polar surface area (TPSA) is 146 Å². The van der Waals surface area contributed by atoms with Gasteiger partial charge in [-0.1, -0.05) is 18.1 Å². The van der Waals surface area contributed by atoms with Crippen molar-refractivity contribution in [2.45, 2.75) is 33.0 Å². The van der Waals surface area contributed by atoms with Crippen LogP contribution in [0.5, 0.6) is 11.5 Å². The van der Waals surface area contributed by atoms with E-state index in [0.29, 0.717) is 60.2 Å². The summed E-state index contributed by atoms with van der Waals surface area (Å²) in [6, 6.07) is 11.4. The van der Waals surface area contributed by atoms with Gasteiger partial charge in [0, 0.05) is 62.3 Å². The minimum Gasteiger partial charge on any atom is -0.546 e. The Balaban J connectivity index is 0.00000520. The molecule has 16 heteroatoms. The van der Waals surface area contributed by atoms with Crippen molar-refractivity contribution < 1.29 is 97.6 Å². The smallest absolute Gasteiger partial charge is 0.546 e. The molecule has 48 heavy (non-hydrogen) atoms. The number of nitrogens with one attached hydrogen (secondary N) is 1. The van der Waals surface area contributed by atoms with Crippen LogP contribution in [0.25, 0.3) is 11.2 Å². The number of hydrogen-bond donors (Lipinski definition) is 1. The van der Waals surface area contributed by atoms with Crippen LogP contribution in [-0.4, -0.2) is 79.1 Å². The fourth-order valence-corrected chi connectivity index (χ4v) is 5.54. The molecule has 0 saturated carbocycles. The number of aromatic nitrogens is 3. The average Bonchev–Trinajstić information content (AvgIpc) is 3.48. The largest absolute Gasteiger partial charge is 1.00 e. The van der Waals surface area contributed by atoms with Gasteiger partial charge in [0.25, 0.3) is 5.69 Å². The summed E-state index contributed by atoms with van der Waals surface area (Å²) < 4.78 is 23.6. The molecule has 1 aliphatic heterocycles. The van der Waals surface area contributed by atoms with Gasteiger partial charge in [0.1, 0.15) is 28.5 Å². The number of halogens is 1. The molecule has 0 spiro atoms. The van der Waals surface area contributed by atoms with Crippen molar-refractivity contribution >= 4 is 45.9 Å². The number of nitro groups is 1. The Hall–Kier alpha value is -2.61. The maximum Gasteiger partial charge on any atom is 1.00 e. The first-order valence-corrected chi connectivity index (χ1v) is 15.3. The number of imidazole rings is 1. The van der Waals surface area contributed by atoms with Crippen molar-refractivity contribution in [3.05, 3.63) is 81.3 Å². The van der Waals surface area contributed by atoms with Crippen molar-refractivity contribution in [1.82, 2.24) is 19.9 Å². The molecule has 1 aliphatic rings. The summed E-state index contributed by atoms with van der Waals surface area (Å²) in [6.45, 7) is 6.13. The Bertz CT molecular complexity index is 1760. The molecule has 14 nitrogen and oxygen atoms in total. The maximum absolute atomic E-state index is 13.3. The van der Waals surface area contributed by atoms with E-state index in [2.05, 4.69) is 15.3 Å². The molecular weight excluding hydrogens is 763 g/mol. The zero-order chi connectivity index (χ0) is 33.7. The number of carbonyl (C=O) groups is 1. The molecule has 0 bridgehead atoms. The zero-order valence-electron chi connectivity index (χ0n) is 27.9. The van der Waals surface area contributed by atoms with Crippen LogP contribution in [0.3, 0.4) is 0 Å². The molecule has 1 N–H and O–H groups in total. The molecular formula is C32H37ClCsN7O7. The first-order valence-electron chi connectivity index (χ1n) is 14.9. The first-order chi connectivity index (χ1) is 22.6. The fourth-order valence-electron chi connectivity index (χ4n) is 5.35. The van der Waals surface area contributed by atoms with Crippen molar-refractivity contribution in [2.75, 3.05) is 57.4 Å². The van der Waals surface area contributed by atoms with Crippen LogP contribution < -0.4 is 93.5 Å². The number of morpholine rings is 1. The number of rotatable bonds is 12. The summed E-state index contributed by atoms with van der Waals surface area (Å²) in [5.74, 6) is 1.35. The van der Waals surface area contributed by atoms with Gasteiger partial charge >= 0.3 is 74.9 Å². The van der Waals surface area contributed by atoms with Crippen molar-refractivity contribution in [3.8, 4) is 11.5 Å². The third-order valence-corrected chi connectivity index (χ3v) is 7.85. The fraction of sp³-hybridized carbons (Fsp3) is 0.375. The summed E-state index contributed by atoms with van der Waals surface area (Å²) in [5, 5.41) is 14.7. The number of nitrogens with zero attached hydrogens (tertiary/aromatic N) is 6. The number of amides is 1. The zero-order valence-corrected chi connectivity index (χ0v) is 34.9. The van der Waals surface area contributed by atoms with Crippen LogP contribution in [-0.2, 0) is 22.6 Å². The van der Waals surface area contributed by atoms with Crippen molar-refractivity contribution in [3.63, 3.8) is 0 Å². The normalized spacial score (nSPS) is 13.9. The minimum atomic E-state index is -0.458. The number of pyridine rings is 1. The molecule has 1 amide bonds. The molecule has 4 aromatic rings. The number of ether oxygens (including phenoxy) is 4. The van der Waals surface area contributed by atoms with E-state index in [9.17, 15) is 14.9 Å². The van der Waals surface area contributed by atoms with Crippen LogP contribution in [0, 0.1) is 16.2 Å². The summed E-state index contributed by atoms with van der Waals surface area (Å²) in [6.07, 6.45) is 2.25. The van der Waals surface area contributed by atoms with E-state index in [0.717, 1.165) is 17.4 Å². The average molecular weight is 800 g/mol. The van der Waals surface area contributed by atoms with Crippen LogP contribution in [0.15, 0.2) is 48.8 Å². The van der Waals surface area contributed by atoms with E-state index in [1.807, 2.05) is 48.0 Å². The Labute approximate surface area is 342 Å². The van der Waals surface area contributed by atoms with E-state index in [1.165, 1.54) is 17.0 Å². The Morgan fingerprint density at radius 1 is 1.23 bits per heavy atom. The van der Waals surface area contributed by atoms with Gasteiger partial charge in [-0.05, 0) is 30.7 Å². The summed E-state index contributed by atoms with van der Waals surface area (Å²) in [5.41, 5.74) is 3.76. The molecule has 0 aliphatic carbocycles. The van der Waals surface area contributed by atoms with Gasteiger partial charge in [-0.15, -0.1) is 0 Å². The summed E-state index contributed by atoms with van der Waals surface area (Å²) in [7, 11) is 5.08. The molecule has 3 heterocycles. The predicted molar refractivity (Wildman–Crippen MR) is 177 cm³/mol. The molecule has 1 atom stereocenters. The maximum atomic E-state index is 13.3. The van der Waals surface area contributed by atoms with E-state index >= 15 is 0 Å². The van der Waals surface area contributed by atoms with Crippen molar-refractivity contribution in [1.29, 1.82) is 0 Å². The number of carbonyl (C=O) groups excluding carboxylic acids is 1. The first kappa shape index (κ1) is 38.2. The molecule has 0 radical (unpaired) electrons. The van der Waals surface area contributed by atoms with Gasteiger partial charge in [0.2, 0.25) is 0 Å². The summed E-state index contributed by atoms with van der Waals surface area (Å²) >= 11 is 6.41. The standard InChI is InChI=1S/C32H37ClN7O7.Cs/c1-20(17-46-18-22-10-24(12-25(11-22)40(42)43)38-8-9-47-21(2)15-38)35-32(41)39-19-34-30-27(14-29(33)36-31(30)39)37(3)16-23-6-7-26(44-4)13-28(23)45-5;/h6-7,10-14,19-20H,8-9,15-18H2,1-5H3,(H,35,41);/q-1;+1/t20-;/m1./s1. The SMILES string of the molecule is COc1ccc(CN(C)c2cc(Cl)nc3c2ncn3C(=O)N[C@H](C)COCc2cc(N3CCO[C-](C)C3)cc([N+](=O)[O-])c2)c(OC)c1.[Cs+]. The summed E-state index contributed by atoms with van der Waals surface area (Å²) in [4.78, 5) is 37.3. The number of benzene rings is 2. The van der Waals surface area contributed by atoms with E-state index in [4.69, 9.17) is 30.5 Å². The third-order valence-electron chi connectivity index (χ3n) is 7.65. The van der Waals surface area contributed by atoms with Gasteiger partial charge in [-0.3, -0.25) is 10.1 Å². The molecule has 2 aromatic carbocycles. The third kappa shape index (κ3) is 9.34. The number of nitro benzene ring substituents is 1. The van der Waals surface area contributed by atoms with Gasteiger partial charge in [0.15, 0.2) is 5.65 Å². The molecule has 2 aromatic heterocycles. The molecule has 0 unspecified atom stereocenters. The van der Waals surface area contributed by atoms with Gasteiger partial charge in [-0.25, -0.2) is 19.3 Å². The van der Waals surface area contributed by atoms with E-state index < -0.39 is 17.0 Å². The molecule has 1 saturated heterocycles.